The summed E-state index contributed by atoms with van der Waals surface area (Å²) in [4.78, 5) is 150. The van der Waals surface area contributed by atoms with Gasteiger partial charge in [-0.1, -0.05) is 24.3 Å². The van der Waals surface area contributed by atoms with Crippen LogP contribution in [0, 0.1) is 0 Å². The maximum atomic E-state index is 13.9. The molecular weight excluding hydrogens is 1030 g/mol. The topological polar surface area (TPSA) is 466 Å². The second-order valence-electron chi connectivity index (χ2n) is 16.8. The molecule has 0 bridgehead atoms. The van der Waals surface area contributed by atoms with Gasteiger partial charge in [0.15, 0.2) is 0 Å². The number of rotatable bonds is 31. The fourth-order valence-corrected chi connectivity index (χ4v) is 7.23. The van der Waals surface area contributed by atoms with E-state index >= 15 is 0 Å². The number of nitrogens with zero attached hydrogens (tertiary/aromatic N) is 1. The number of aliphatic hydroxyl groups is 1. The number of aromatic nitrogens is 2. The van der Waals surface area contributed by atoms with Crippen molar-refractivity contribution in [3.8, 4) is 11.5 Å². The Morgan fingerprint density at radius 2 is 1.01 bits per heavy atom. The summed E-state index contributed by atoms with van der Waals surface area (Å²) in [7, 11) is 0. The molecule has 0 fully saturated rings. The molecule has 2 aromatic carbocycles. The number of aromatic hydroxyl groups is 2. The van der Waals surface area contributed by atoms with Gasteiger partial charge in [0, 0.05) is 42.7 Å². The van der Waals surface area contributed by atoms with Gasteiger partial charge in [-0.25, -0.2) is 9.78 Å². The molecule has 1 aromatic heterocycles. The number of aromatic amines is 1. The van der Waals surface area contributed by atoms with E-state index in [1.54, 1.807) is 12.1 Å². The molecule has 28 nitrogen and oxygen atoms in total. The highest BCUT2D eigenvalue weighted by molar-refractivity contribution is 7.80. The molecule has 1 heterocycles. The number of thiol groups is 2. The highest BCUT2D eigenvalue weighted by Crippen LogP contribution is 2.13. The first-order valence-electron chi connectivity index (χ1n) is 22.7. The van der Waals surface area contributed by atoms with Crippen LogP contribution in [0.15, 0.2) is 61.1 Å². The molecule has 3 aromatic rings. The van der Waals surface area contributed by atoms with Gasteiger partial charge in [-0.2, -0.15) is 25.3 Å². The number of hydrogen-bond acceptors (Lipinski definition) is 18. The van der Waals surface area contributed by atoms with Gasteiger partial charge in [0.2, 0.25) is 53.2 Å². The number of nitrogens with two attached hydrogens (primary N) is 2. The zero-order valence-corrected chi connectivity index (χ0v) is 41.8. The number of hydrogen-bond donors (Lipinski definition) is 18. The predicted octanol–water partition coefficient (Wildman–Crippen LogP) is -5.25. The fraction of sp³-hybridized carbons (Fsp3) is 0.422. The number of aliphatic carboxylic acids is 2. The minimum absolute atomic E-state index is 0.000106. The van der Waals surface area contributed by atoms with Crippen LogP contribution in [-0.4, -0.2) is 173 Å². The predicted molar refractivity (Wildman–Crippen MR) is 268 cm³/mol. The standard InChI is InChI=1S/C45H60N12O16S2/c1-21(50-43(70)33(18-74)56-38(65)27(46)12-22-2-6-25(59)7-3-22)37(64)55-32(17-58)42(69)51-28(10-11-36(62)63)39(66)53-30(15-35(47)61)41(68)52-29(14-24-16-48-20-49-24)40(67)57-34(19-75)44(71)54-31(45(72)73)13-23-4-8-26(60)9-5-23/h2-9,16,20-21,27-34,58-60,74-75H,10-15,17-19,46H2,1H3,(H2,47,61)(H,48,49)(H,50,70)(H,51,69)(H,52,68)(H,53,66)(H,54,71)(H,55,64)(H,56,65)(H,57,67)(H,62,63)(H,72,73). The average Bonchev–Trinajstić information content (AvgIpc) is 3.88. The number of phenolic OH excluding ortho intramolecular Hbond substituents is 2. The van der Waals surface area contributed by atoms with Crippen molar-refractivity contribution < 1.29 is 78.3 Å². The van der Waals surface area contributed by atoms with Crippen molar-refractivity contribution >= 4 is 90.4 Å². The Balaban J connectivity index is 1.72. The minimum Gasteiger partial charge on any atom is -0.508 e. The fourth-order valence-electron chi connectivity index (χ4n) is 6.72. The maximum Gasteiger partial charge on any atom is 0.326 e. The molecule has 30 heteroatoms. The summed E-state index contributed by atoms with van der Waals surface area (Å²) >= 11 is 8.22. The van der Waals surface area contributed by atoms with Gasteiger partial charge in [-0.15, -0.1) is 0 Å². The lowest BCUT2D eigenvalue weighted by molar-refractivity contribution is -0.142. The van der Waals surface area contributed by atoms with Crippen LogP contribution < -0.4 is 54.0 Å². The first kappa shape index (κ1) is 61.3. The van der Waals surface area contributed by atoms with Crippen LogP contribution in [0.3, 0.4) is 0 Å². The van der Waals surface area contributed by atoms with E-state index in [-0.39, 0.29) is 48.0 Å². The number of carboxylic acid groups (broad SMARTS) is 2. The molecule has 0 saturated heterocycles. The number of nitrogens with one attached hydrogen (secondary N) is 9. The van der Waals surface area contributed by atoms with Gasteiger partial charge < -0.3 is 84.5 Å². The third-order valence-corrected chi connectivity index (χ3v) is 11.6. The van der Waals surface area contributed by atoms with Crippen LogP contribution >= 0.6 is 25.3 Å². The van der Waals surface area contributed by atoms with E-state index in [1.165, 1.54) is 55.8 Å². The summed E-state index contributed by atoms with van der Waals surface area (Å²) in [5.41, 5.74) is 12.7. The van der Waals surface area contributed by atoms with Crippen LogP contribution in [0.25, 0.3) is 0 Å². The van der Waals surface area contributed by atoms with Crippen LogP contribution in [-0.2, 0) is 72.0 Å². The molecule has 0 aliphatic heterocycles. The smallest absolute Gasteiger partial charge is 0.326 e. The van der Waals surface area contributed by atoms with Gasteiger partial charge in [0.05, 0.1) is 25.4 Å². The third kappa shape index (κ3) is 20.8. The lowest BCUT2D eigenvalue weighted by atomic mass is 10.0. The zero-order valence-electron chi connectivity index (χ0n) is 40.1. The number of primary amides is 1. The molecular formula is C45H60N12O16S2. The second kappa shape index (κ2) is 30.3. The summed E-state index contributed by atoms with van der Waals surface area (Å²) in [5.74, 6) is -13.2. The highest BCUT2D eigenvalue weighted by atomic mass is 32.1. The summed E-state index contributed by atoms with van der Waals surface area (Å²) < 4.78 is 0. The largest absolute Gasteiger partial charge is 0.508 e. The number of amides is 9. The van der Waals surface area contributed by atoms with Crippen molar-refractivity contribution in [2.75, 3.05) is 18.1 Å². The summed E-state index contributed by atoms with van der Waals surface area (Å²) in [6, 6.07) is -2.70. The molecule has 9 amide bonds. The first-order chi connectivity index (χ1) is 35.4. The molecule has 75 heavy (non-hydrogen) atoms. The van der Waals surface area contributed by atoms with Crippen molar-refractivity contribution in [1.82, 2.24) is 52.5 Å². The van der Waals surface area contributed by atoms with Crippen LogP contribution in [0.5, 0.6) is 11.5 Å². The van der Waals surface area contributed by atoms with E-state index in [2.05, 4.69) is 77.8 Å². The monoisotopic (exact) mass is 1090 g/mol. The van der Waals surface area contributed by atoms with Crippen molar-refractivity contribution in [2.45, 2.75) is 99.8 Å². The number of phenols is 2. The quantitative estimate of drug-likeness (QED) is 0.0268. The molecule has 0 aliphatic rings. The van der Waals surface area contributed by atoms with Crippen LogP contribution in [0.1, 0.15) is 43.0 Å². The van der Waals surface area contributed by atoms with E-state index in [0.717, 1.165) is 0 Å². The molecule has 0 spiro atoms. The van der Waals surface area contributed by atoms with E-state index < -0.39 is 145 Å². The lowest BCUT2D eigenvalue weighted by Crippen LogP contribution is -2.61. The van der Waals surface area contributed by atoms with E-state index in [0.29, 0.717) is 11.1 Å². The van der Waals surface area contributed by atoms with Crippen molar-refractivity contribution in [3.05, 3.63) is 77.9 Å². The number of benzene rings is 2. The van der Waals surface area contributed by atoms with Crippen LogP contribution in [0.4, 0.5) is 0 Å². The van der Waals surface area contributed by atoms with Gasteiger partial charge in [-0.3, -0.25) is 47.9 Å². The zero-order chi connectivity index (χ0) is 55.9. The van der Waals surface area contributed by atoms with Gasteiger partial charge >= 0.3 is 11.9 Å². The van der Waals surface area contributed by atoms with Crippen molar-refractivity contribution in [2.24, 2.45) is 11.5 Å². The number of H-pyrrole nitrogens is 1. The average molecular weight is 1090 g/mol. The van der Waals surface area contributed by atoms with Gasteiger partial charge in [0.1, 0.15) is 59.8 Å². The Kier molecular flexibility index (Phi) is 24.8. The number of aliphatic hydroxyl groups excluding tert-OH is 1. The Hall–Kier alpha value is -7.96. The molecule has 18 N–H and O–H groups in total. The number of imidazole rings is 1. The minimum atomic E-state index is -1.92. The molecule has 9 unspecified atom stereocenters. The summed E-state index contributed by atoms with van der Waals surface area (Å²) in [5, 5.41) is 66.7. The SMILES string of the molecule is CC(NC(=O)C(CS)NC(=O)C(N)Cc1ccc(O)cc1)C(=O)NC(CO)C(=O)NC(CCC(=O)O)C(=O)NC(CC(N)=O)C(=O)NC(Cc1cnc[nH]1)C(=O)NC(CS)C(=O)NC(Cc1ccc(O)cc1)C(=O)O. The lowest BCUT2D eigenvalue weighted by Gasteiger charge is -2.27. The molecule has 3 rings (SSSR count). The molecule has 0 radical (unpaired) electrons. The molecule has 408 valence electrons. The molecule has 0 saturated carbocycles. The molecule has 0 aliphatic carbocycles. The van der Waals surface area contributed by atoms with Gasteiger partial charge in [0.25, 0.3) is 0 Å². The van der Waals surface area contributed by atoms with E-state index in [9.17, 15) is 78.3 Å². The van der Waals surface area contributed by atoms with E-state index in [1.807, 2.05) is 0 Å². The van der Waals surface area contributed by atoms with Crippen molar-refractivity contribution in [3.63, 3.8) is 0 Å². The summed E-state index contributed by atoms with van der Waals surface area (Å²) in [6.45, 7) is 0.0838. The Morgan fingerprint density at radius 1 is 0.573 bits per heavy atom. The number of carboxylic acids is 2. The number of carbonyl (C=O) groups is 11. The van der Waals surface area contributed by atoms with E-state index in [4.69, 9.17) is 11.5 Å². The third-order valence-electron chi connectivity index (χ3n) is 10.8. The highest BCUT2D eigenvalue weighted by Gasteiger charge is 2.35. The van der Waals surface area contributed by atoms with Crippen LogP contribution in [0.2, 0.25) is 0 Å². The maximum absolute atomic E-state index is 13.9. The second-order valence-corrected chi connectivity index (χ2v) is 17.5. The first-order valence-corrected chi connectivity index (χ1v) is 24.0. The van der Waals surface area contributed by atoms with Gasteiger partial charge in [-0.05, 0) is 55.2 Å². The molecule has 9 atom stereocenters. The Labute approximate surface area is 438 Å². The normalized spacial score (nSPS) is 14.5. The summed E-state index contributed by atoms with van der Waals surface area (Å²) in [6.07, 6.45) is -0.370. The Morgan fingerprint density at radius 3 is 1.52 bits per heavy atom. The Bertz CT molecular complexity index is 2490. The number of carbonyl (C=O) groups excluding carboxylic acids is 9. The van der Waals surface area contributed by atoms with Crippen molar-refractivity contribution in [1.29, 1.82) is 0 Å².